The maximum Gasteiger partial charge on any atom is 0.328 e. The predicted molar refractivity (Wildman–Crippen MR) is 88.5 cm³/mol. The average Bonchev–Trinajstić information content (AvgIpc) is 2.35. The maximum absolute atomic E-state index is 11.9. The second kappa shape index (κ2) is 7.36. The number of aryl methyl sites for hydroxylation is 2. The number of aromatic nitrogens is 1. The number of thiocarbonyl (C=S) groups is 1. The number of carbonyl (C=O) groups is 1. The Morgan fingerprint density at radius 3 is 2.57 bits per heavy atom. The van der Waals surface area contributed by atoms with Gasteiger partial charge in [-0.05, 0) is 37.8 Å². The highest BCUT2D eigenvalue weighted by Crippen LogP contribution is 2.21. The van der Waals surface area contributed by atoms with Crippen molar-refractivity contribution in [3.8, 4) is 0 Å². The number of pyridine rings is 1. The zero-order valence-corrected chi connectivity index (χ0v) is 14.0. The summed E-state index contributed by atoms with van der Waals surface area (Å²) in [6.07, 6.45) is 0.637. The lowest BCUT2D eigenvalue weighted by molar-refractivity contribution is -0.141. The van der Waals surface area contributed by atoms with E-state index in [1.165, 1.54) is 7.11 Å². The Labute approximate surface area is 131 Å². The van der Waals surface area contributed by atoms with E-state index in [2.05, 4.69) is 10.3 Å². The number of anilines is 1. The monoisotopic (exact) mass is 309 g/mol. The van der Waals surface area contributed by atoms with Crippen molar-refractivity contribution in [2.24, 2.45) is 11.7 Å². The van der Waals surface area contributed by atoms with Crippen molar-refractivity contribution in [3.63, 3.8) is 0 Å². The third-order valence-corrected chi connectivity index (χ3v) is 3.30. The number of nitrogens with one attached hydrogen (secondary N) is 1. The molecule has 0 saturated carbocycles. The number of ether oxygens (including phenoxy) is 1. The molecule has 116 valence electrons. The van der Waals surface area contributed by atoms with Gasteiger partial charge in [-0.15, -0.1) is 0 Å². The molecule has 1 aromatic heterocycles. The fraction of sp³-hybridized carbons (Fsp3) is 0.533. The van der Waals surface area contributed by atoms with Crippen molar-refractivity contribution in [1.29, 1.82) is 0 Å². The van der Waals surface area contributed by atoms with Crippen LogP contribution in [-0.4, -0.2) is 29.1 Å². The minimum absolute atomic E-state index is 0.260. The molecule has 0 saturated heterocycles. The number of esters is 1. The molecule has 21 heavy (non-hydrogen) atoms. The van der Waals surface area contributed by atoms with Crippen LogP contribution < -0.4 is 11.1 Å². The Morgan fingerprint density at radius 1 is 1.48 bits per heavy atom. The minimum atomic E-state index is -0.475. The van der Waals surface area contributed by atoms with Crippen molar-refractivity contribution in [2.75, 3.05) is 12.4 Å². The number of nitrogens with two attached hydrogens (primary N) is 1. The Balaban J connectivity index is 3.19. The van der Waals surface area contributed by atoms with Gasteiger partial charge < -0.3 is 15.8 Å². The first kappa shape index (κ1) is 17.4. The fourth-order valence-corrected chi connectivity index (χ4v) is 2.50. The molecule has 1 heterocycles. The van der Waals surface area contributed by atoms with Crippen molar-refractivity contribution in [3.05, 3.63) is 22.9 Å². The summed E-state index contributed by atoms with van der Waals surface area (Å²) in [7, 11) is 1.38. The summed E-state index contributed by atoms with van der Waals surface area (Å²) in [4.78, 5) is 16.6. The fourth-order valence-electron chi connectivity index (χ4n) is 2.25. The number of hydrogen-bond acceptors (Lipinski definition) is 5. The second-order valence-electron chi connectivity index (χ2n) is 5.52. The number of rotatable bonds is 6. The Morgan fingerprint density at radius 2 is 2.10 bits per heavy atom. The third-order valence-electron chi connectivity index (χ3n) is 3.09. The van der Waals surface area contributed by atoms with Crippen LogP contribution in [0.25, 0.3) is 0 Å². The van der Waals surface area contributed by atoms with E-state index in [0.29, 0.717) is 23.7 Å². The summed E-state index contributed by atoms with van der Waals surface area (Å²) in [5.41, 5.74) is 8.23. The standard InChI is InChI=1S/C15H23N3O2S/c1-8(2)6-11(15(19)20-5)18-14-12(13(16)21)9(3)7-10(4)17-14/h7-8,11H,6H2,1-5H3,(H2,16,21)(H,17,18). The van der Waals surface area contributed by atoms with Gasteiger partial charge in [0.15, 0.2) is 0 Å². The Bertz CT molecular complexity index is 544. The van der Waals surface area contributed by atoms with E-state index in [1.807, 2.05) is 33.8 Å². The first-order valence-electron chi connectivity index (χ1n) is 6.88. The van der Waals surface area contributed by atoms with E-state index in [4.69, 9.17) is 22.7 Å². The summed E-state index contributed by atoms with van der Waals surface area (Å²) >= 11 is 5.10. The molecule has 0 amide bonds. The molecule has 1 rings (SSSR count). The van der Waals surface area contributed by atoms with Crippen molar-refractivity contribution in [1.82, 2.24) is 4.98 Å². The van der Waals surface area contributed by atoms with Gasteiger partial charge in [-0.2, -0.15) is 0 Å². The highest BCUT2D eigenvalue weighted by molar-refractivity contribution is 7.80. The van der Waals surface area contributed by atoms with Gasteiger partial charge in [0.25, 0.3) is 0 Å². The summed E-state index contributed by atoms with van der Waals surface area (Å²) in [6.45, 7) is 7.89. The van der Waals surface area contributed by atoms with Crippen LogP contribution >= 0.6 is 12.2 Å². The lowest BCUT2D eigenvalue weighted by atomic mass is 10.0. The van der Waals surface area contributed by atoms with E-state index in [9.17, 15) is 4.79 Å². The number of hydrogen-bond donors (Lipinski definition) is 2. The molecule has 1 aromatic rings. The van der Waals surface area contributed by atoms with Crippen LogP contribution in [0.15, 0.2) is 6.07 Å². The van der Waals surface area contributed by atoms with Gasteiger partial charge in [-0.1, -0.05) is 26.1 Å². The van der Waals surface area contributed by atoms with Crippen LogP contribution in [0.5, 0.6) is 0 Å². The Kier molecular flexibility index (Phi) is 6.08. The largest absolute Gasteiger partial charge is 0.467 e. The number of carbonyl (C=O) groups excluding carboxylic acids is 1. The zero-order valence-electron chi connectivity index (χ0n) is 13.2. The molecule has 0 aromatic carbocycles. The molecule has 0 fully saturated rings. The smallest absolute Gasteiger partial charge is 0.328 e. The van der Waals surface area contributed by atoms with Crippen LogP contribution in [0, 0.1) is 19.8 Å². The molecule has 6 heteroatoms. The predicted octanol–water partition coefficient (Wildman–Crippen LogP) is 2.33. The van der Waals surface area contributed by atoms with Crippen LogP contribution in [0.4, 0.5) is 5.82 Å². The molecular formula is C15H23N3O2S. The molecule has 0 bridgehead atoms. The highest BCUT2D eigenvalue weighted by Gasteiger charge is 2.23. The summed E-state index contributed by atoms with van der Waals surface area (Å²) in [5, 5.41) is 3.14. The first-order valence-corrected chi connectivity index (χ1v) is 7.29. The minimum Gasteiger partial charge on any atom is -0.467 e. The average molecular weight is 309 g/mol. The molecule has 0 radical (unpaired) electrons. The zero-order chi connectivity index (χ0) is 16.2. The summed E-state index contributed by atoms with van der Waals surface area (Å²) in [5.74, 6) is 0.551. The van der Waals surface area contributed by atoms with Gasteiger partial charge in [0.1, 0.15) is 16.8 Å². The molecule has 3 N–H and O–H groups in total. The lowest BCUT2D eigenvalue weighted by Crippen LogP contribution is -2.33. The second-order valence-corrected chi connectivity index (χ2v) is 5.96. The SMILES string of the molecule is COC(=O)C(CC(C)C)Nc1nc(C)cc(C)c1C(N)=S. The van der Waals surface area contributed by atoms with E-state index >= 15 is 0 Å². The lowest BCUT2D eigenvalue weighted by Gasteiger charge is -2.21. The van der Waals surface area contributed by atoms with Gasteiger partial charge in [-0.25, -0.2) is 9.78 Å². The molecule has 1 unspecified atom stereocenters. The van der Waals surface area contributed by atoms with Crippen molar-refractivity contribution < 1.29 is 9.53 Å². The van der Waals surface area contributed by atoms with Gasteiger partial charge in [0, 0.05) is 5.69 Å². The third kappa shape index (κ3) is 4.67. The molecule has 0 spiro atoms. The van der Waals surface area contributed by atoms with E-state index in [0.717, 1.165) is 11.3 Å². The topological polar surface area (TPSA) is 77.2 Å². The van der Waals surface area contributed by atoms with Gasteiger partial charge in [0.05, 0.1) is 12.7 Å². The normalized spacial score (nSPS) is 12.1. The van der Waals surface area contributed by atoms with Crippen LogP contribution in [-0.2, 0) is 9.53 Å². The summed E-state index contributed by atoms with van der Waals surface area (Å²) < 4.78 is 4.85. The Hall–Kier alpha value is -1.69. The molecular weight excluding hydrogens is 286 g/mol. The van der Waals surface area contributed by atoms with E-state index in [-0.39, 0.29) is 11.0 Å². The molecule has 0 aliphatic carbocycles. The van der Waals surface area contributed by atoms with Gasteiger partial charge in [0.2, 0.25) is 0 Å². The maximum atomic E-state index is 11.9. The van der Waals surface area contributed by atoms with Crippen molar-refractivity contribution >= 4 is 29.0 Å². The number of nitrogens with zero attached hydrogens (tertiary/aromatic N) is 1. The molecule has 0 aliphatic rings. The quantitative estimate of drug-likeness (QED) is 0.620. The van der Waals surface area contributed by atoms with E-state index < -0.39 is 6.04 Å². The van der Waals surface area contributed by atoms with E-state index in [1.54, 1.807) is 0 Å². The van der Waals surface area contributed by atoms with Crippen LogP contribution in [0.3, 0.4) is 0 Å². The van der Waals surface area contributed by atoms with Crippen molar-refractivity contribution in [2.45, 2.75) is 40.2 Å². The van der Waals surface area contributed by atoms with Gasteiger partial charge >= 0.3 is 5.97 Å². The highest BCUT2D eigenvalue weighted by atomic mass is 32.1. The van der Waals surface area contributed by atoms with Crippen LogP contribution in [0.1, 0.15) is 37.1 Å². The summed E-state index contributed by atoms with van der Waals surface area (Å²) in [6, 6.07) is 1.44. The molecule has 0 aliphatic heterocycles. The van der Waals surface area contributed by atoms with Crippen LogP contribution in [0.2, 0.25) is 0 Å². The first-order chi connectivity index (χ1) is 9.76. The number of methoxy groups -OCH3 is 1. The molecule has 5 nitrogen and oxygen atoms in total. The van der Waals surface area contributed by atoms with Gasteiger partial charge in [-0.3, -0.25) is 0 Å². The molecule has 1 atom stereocenters.